The first-order valence-corrected chi connectivity index (χ1v) is 7.81. The number of rotatable bonds is 4. The number of nitrogens with zero attached hydrogens (tertiary/aromatic N) is 2. The van der Waals surface area contributed by atoms with Crippen LogP contribution in [0, 0.1) is 20.8 Å². The molecule has 0 saturated heterocycles. The van der Waals surface area contributed by atoms with Crippen LogP contribution >= 0.6 is 0 Å². The molecule has 0 unspecified atom stereocenters. The first kappa shape index (κ1) is 15.3. The summed E-state index contributed by atoms with van der Waals surface area (Å²) in [6.07, 6.45) is 0.272. The first-order chi connectivity index (χ1) is 11.0. The number of carbonyl (C=O) groups excluding carboxylic acids is 1. The molecule has 3 aromatic rings. The third-order valence-corrected chi connectivity index (χ3v) is 4.23. The van der Waals surface area contributed by atoms with Crippen molar-refractivity contribution < 1.29 is 9.32 Å². The first-order valence-electron chi connectivity index (χ1n) is 7.81. The second-order valence-electron chi connectivity index (χ2n) is 5.83. The van der Waals surface area contributed by atoms with Crippen LogP contribution in [0.25, 0.3) is 10.9 Å². The molecule has 0 aliphatic carbocycles. The normalized spacial score (nSPS) is 11.1. The van der Waals surface area contributed by atoms with Crippen LogP contribution in [0.4, 0.5) is 5.69 Å². The average molecular weight is 311 g/mol. The van der Waals surface area contributed by atoms with E-state index in [1.807, 2.05) is 26.0 Å². The molecular formula is C18H21N3O2. The highest BCUT2D eigenvalue weighted by molar-refractivity contribution is 5.95. The van der Waals surface area contributed by atoms with Crippen LogP contribution < -0.4 is 5.32 Å². The van der Waals surface area contributed by atoms with Crippen molar-refractivity contribution in [1.82, 2.24) is 9.72 Å². The molecule has 1 N–H and O–H groups in total. The number of aryl methyl sites for hydroxylation is 4. The molecule has 0 radical (unpaired) electrons. The van der Waals surface area contributed by atoms with Gasteiger partial charge < -0.3 is 14.4 Å². The van der Waals surface area contributed by atoms with Gasteiger partial charge in [0.05, 0.1) is 12.1 Å². The number of aromatic nitrogens is 2. The summed E-state index contributed by atoms with van der Waals surface area (Å²) in [4.78, 5) is 12.3. The molecule has 0 aliphatic heterocycles. The van der Waals surface area contributed by atoms with Gasteiger partial charge in [0.2, 0.25) is 5.91 Å². The number of hydrogen-bond acceptors (Lipinski definition) is 3. The number of benzene rings is 1. The fourth-order valence-electron chi connectivity index (χ4n) is 3.03. The van der Waals surface area contributed by atoms with Crippen molar-refractivity contribution in [3.8, 4) is 0 Å². The van der Waals surface area contributed by atoms with Crippen molar-refractivity contribution in [3.05, 3.63) is 47.0 Å². The Morgan fingerprint density at radius 3 is 2.70 bits per heavy atom. The van der Waals surface area contributed by atoms with Gasteiger partial charge in [-0.15, -0.1) is 0 Å². The van der Waals surface area contributed by atoms with Crippen molar-refractivity contribution in [1.29, 1.82) is 0 Å². The Hall–Kier alpha value is -2.56. The Labute approximate surface area is 135 Å². The summed E-state index contributed by atoms with van der Waals surface area (Å²) in [6, 6.07) is 8.15. The van der Waals surface area contributed by atoms with E-state index in [0.717, 1.165) is 28.9 Å². The van der Waals surface area contributed by atoms with Gasteiger partial charge in [-0.3, -0.25) is 4.79 Å². The lowest BCUT2D eigenvalue weighted by atomic mass is 10.1. The maximum atomic E-state index is 12.3. The number of amides is 1. The van der Waals surface area contributed by atoms with Crippen LogP contribution in [0.3, 0.4) is 0 Å². The average Bonchev–Trinajstić information content (AvgIpc) is 2.99. The smallest absolute Gasteiger partial charge is 0.228 e. The minimum atomic E-state index is -0.0644. The number of carbonyl (C=O) groups is 1. The van der Waals surface area contributed by atoms with E-state index in [9.17, 15) is 4.79 Å². The van der Waals surface area contributed by atoms with Gasteiger partial charge in [0.25, 0.3) is 0 Å². The molecule has 5 heteroatoms. The summed E-state index contributed by atoms with van der Waals surface area (Å²) >= 11 is 0. The van der Waals surface area contributed by atoms with E-state index < -0.39 is 0 Å². The van der Waals surface area contributed by atoms with E-state index >= 15 is 0 Å². The lowest BCUT2D eigenvalue weighted by Crippen LogP contribution is -2.15. The zero-order valence-electron chi connectivity index (χ0n) is 13.9. The van der Waals surface area contributed by atoms with Gasteiger partial charge in [0, 0.05) is 34.4 Å². The van der Waals surface area contributed by atoms with Crippen molar-refractivity contribution in [2.24, 2.45) is 0 Å². The van der Waals surface area contributed by atoms with E-state index in [4.69, 9.17) is 4.52 Å². The number of hydrogen-bond donors (Lipinski definition) is 1. The predicted octanol–water partition coefficient (Wildman–Crippen LogP) is 3.76. The summed E-state index contributed by atoms with van der Waals surface area (Å²) in [7, 11) is 0. The summed E-state index contributed by atoms with van der Waals surface area (Å²) in [5.41, 5.74) is 4.85. The summed E-state index contributed by atoms with van der Waals surface area (Å²) in [5, 5.41) is 7.98. The molecule has 0 aliphatic rings. The molecule has 3 rings (SSSR count). The lowest BCUT2D eigenvalue weighted by molar-refractivity contribution is -0.115. The molecule has 120 valence electrons. The second-order valence-corrected chi connectivity index (χ2v) is 5.83. The van der Waals surface area contributed by atoms with Crippen LogP contribution in [-0.4, -0.2) is 15.6 Å². The fourth-order valence-corrected chi connectivity index (χ4v) is 3.03. The van der Waals surface area contributed by atoms with Crippen LogP contribution in [0.1, 0.15) is 29.6 Å². The van der Waals surface area contributed by atoms with E-state index in [1.165, 1.54) is 11.2 Å². The Balaban J connectivity index is 1.80. The van der Waals surface area contributed by atoms with Gasteiger partial charge in [0.15, 0.2) is 0 Å². The molecule has 0 bridgehead atoms. The zero-order valence-corrected chi connectivity index (χ0v) is 13.9. The third kappa shape index (κ3) is 2.86. The maximum Gasteiger partial charge on any atom is 0.228 e. The van der Waals surface area contributed by atoms with E-state index in [2.05, 4.69) is 41.0 Å². The van der Waals surface area contributed by atoms with Crippen LogP contribution in [0.2, 0.25) is 0 Å². The van der Waals surface area contributed by atoms with Crippen molar-refractivity contribution in [2.45, 2.75) is 40.7 Å². The minimum Gasteiger partial charge on any atom is -0.361 e. The van der Waals surface area contributed by atoms with Crippen LogP contribution in [-0.2, 0) is 17.8 Å². The van der Waals surface area contributed by atoms with Crippen molar-refractivity contribution in [3.63, 3.8) is 0 Å². The van der Waals surface area contributed by atoms with Gasteiger partial charge in [-0.05, 0) is 52.0 Å². The highest BCUT2D eigenvalue weighted by Crippen LogP contribution is 2.23. The highest BCUT2D eigenvalue weighted by atomic mass is 16.5. The van der Waals surface area contributed by atoms with E-state index in [-0.39, 0.29) is 12.3 Å². The van der Waals surface area contributed by atoms with E-state index in [0.29, 0.717) is 5.76 Å². The van der Waals surface area contributed by atoms with Crippen molar-refractivity contribution in [2.75, 3.05) is 5.32 Å². The Morgan fingerprint density at radius 2 is 2.04 bits per heavy atom. The Morgan fingerprint density at radius 1 is 1.26 bits per heavy atom. The number of nitrogens with one attached hydrogen (secondary N) is 1. The van der Waals surface area contributed by atoms with E-state index in [1.54, 1.807) is 0 Å². The SMILES string of the molecule is CCn1c(C)cc2cc(NC(=O)Cc3c(C)noc3C)ccc21. The van der Waals surface area contributed by atoms with Gasteiger partial charge in [-0.25, -0.2) is 0 Å². The van der Waals surface area contributed by atoms with Crippen LogP contribution in [0.5, 0.6) is 0 Å². The van der Waals surface area contributed by atoms with Gasteiger partial charge in [0.1, 0.15) is 5.76 Å². The molecule has 2 heterocycles. The third-order valence-electron chi connectivity index (χ3n) is 4.23. The second kappa shape index (κ2) is 5.91. The molecule has 0 fully saturated rings. The summed E-state index contributed by atoms with van der Waals surface area (Å²) in [5.74, 6) is 0.633. The minimum absolute atomic E-state index is 0.0644. The molecule has 5 nitrogen and oxygen atoms in total. The molecular weight excluding hydrogens is 290 g/mol. The molecule has 0 spiro atoms. The maximum absolute atomic E-state index is 12.3. The molecule has 1 aromatic carbocycles. The summed E-state index contributed by atoms with van der Waals surface area (Å²) in [6.45, 7) is 8.84. The summed E-state index contributed by atoms with van der Waals surface area (Å²) < 4.78 is 7.35. The molecule has 2 aromatic heterocycles. The zero-order chi connectivity index (χ0) is 16.6. The topological polar surface area (TPSA) is 60.1 Å². The quantitative estimate of drug-likeness (QED) is 0.798. The Kier molecular flexibility index (Phi) is 3.94. The Bertz CT molecular complexity index is 854. The van der Waals surface area contributed by atoms with Gasteiger partial charge >= 0.3 is 0 Å². The lowest BCUT2D eigenvalue weighted by Gasteiger charge is -2.07. The molecule has 1 amide bonds. The number of fused-ring (bicyclic) bond motifs is 1. The monoisotopic (exact) mass is 311 g/mol. The van der Waals surface area contributed by atoms with Gasteiger partial charge in [-0.1, -0.05) is 5.16 Å². The van der Waals surface area contributed by atoms with Crippen LogP contribution in [0.15, 0.2) is 28.8 Å². The highest BCUT2D eigenvalue weighted by Gasteiger charge is 2.14. The van der Waals surface area contributed by atoms with Crippen molar-refractivity contribution >= 4 is 22.5 Å². The standard InChI is InChI=1S/C18H21N3O2/c1-5-21-11(2)8-14-9-15(6-7-17(14)21)19-18(22)10-16-12(3)20-23-13(16)4/h6-9H,5,10H2,1-4H3,(H,19,22). The largest absolute Gasteiger partial charge is 0.361 e. The predicted molar refractivity (Wildman–Crippen MR) is 90.7 cm³/mol. The van der Waals surface area contributed by atoms with Gasteiger partial charge in [-0.2, -0.15) is 0 Å². The molecule has 0 saturated carbocycles. The number of anilines is 1. The fraction of sp³-hybridized carbons (Fsp3) is 0.333. The molecule has 23 heavy (non-hydrogen) atoms. The molecule has 0 atom stereocenters.